The van der Waals surface area contributed by atoms with Gasteiger partial charge in [0.05, 0.1) is 22.5 Å². The van der Waals surface area contributed by atoms with Crippen LogP contribution in [-0.4, -0.2) is 53.9 Å². The predicted molar refractivity (Wildman–Crippen MR) is 124 cm³/mol. The summed E-state index contributed by atoms with van der Waals surface area (Å²) in [5, 5.41) is 0. The van der Waals surface area contributed by atoms with Crippen molar-refractivity contribution in [2.24, 2.45) is 0 Å². The van der Waals surface area contributed by atoms with Gasteiger partial charge in [0.2, 0.25) is 0 Å². The molecule has 0 aliphatic rings. The molecule has 4 rings (SSSR count). The van der Waals surface area contributed by atoms with Gasteiger partial charge < -0.3 is 10.6 Å². The minimum atomic E-state index is -3.42. The number of hydrogen-bond acceptors (Lipinski definition) is 6. The Labute approximate surface area is 190 Å². The van der Waals surface area contributed by atoms with Crippen LogP contribution in [0.2, 0.25) is 0 Å². The molecular formula is C23H22FN5O3S. The minimum absolute atomic E-state index is 0.0866. The van der Waals surface area contributed by atoms with Crippen molar-refractivity contribution >= 4 is 27.2 Å². The molecule has 8 nitrogen and oxygen atoms in total. The van der Waals surface area contributed by atoms with E-state index in [1.807, 2.05) is 6.92 Å². The standard InChI is InChI=1S/C23H22FN5O3S/c1-13-5-7-15(33(4,31)32)10-17(13)20-11-26-22-21(25)27-19(12-29(20)22)16-8-6-14(9-18(16)24)23(30)28(2)3/h5-12H,1-4H3,(H2,25,27). The van der Waals surface area contributed by atoms with Gasteiger partial charge in [-0.3, -0.25) is 9.20 Å². The quantitative estimate of drug-likeness (QED) is 0.494. The number of aryl methyl sites for hydroxylation is 1. The molecule has 0 aliphatic carbocycles. The molecule has 4 aromatic rings. The summed E-state index contributed by atoms with van der Waals surface area (Å²) in [6.45, 7) is 1.85. The van der Waals surface area contributed by atoms with Gasteiger partial charge in [0.1, 0.15) is 5.82 Å². The van der Waals surface area contributed by atoms with Gasteiger partial charge in [0, 0.05) is 43.2 Å². The van der Waals surface area contributed by atoms with Crippen LogP contribution >= 0.6 is 0 Å². The highest BCUT2D eigenvalue weighted by molar-refractivity contribution is 7.90. The van der Waals surface area contributed by atoms with E-state index in [1.165, 1.54) is 17.0 Å². The third-order valence-corrected chi connectivity index (χ3v) is 6.44. The highest BCUT2D eigenvalue weighted by Gasteiger charge is 2.18. The second-order valence-electron chi connectivity index (χ2n) is 7.99. The monoisotopic (exact) mass is 467 g/mol. The van der Waals surface area contributed by atoms with E-state index in [1.54, 1.807) is 49.1 Å². The van der Waals surface area contributed by atoms with E-state index in [-0.39, 0.29) is 33.4 Å². The zero-order valence-corrected chi connectivity index (χ0v) is 19.3. The second-order valence-corrected chi connectivity index (χ2v) is 10.0. The number of aromatic nitrogens is 3. The third kappa shape index (κ3) is 4.05. The number of rotatable bonds is 4. The van der Waals surface area contributed by atoms with Gasteiger partial charge in [0.25, 0.3) is 5.91 Å². The average molecular weight is 468 g/mol. The summed E-state index contributed by atoms with van der Waals surface area (Å²) in [5.41, 5.74) is 9.17. The number of anilines is 1. The lowest BCUT2D eigenvalue weighted by atomic mass is 10.1. The molecule has 2 aromatic heterocycles. The van der Waals surface area contributed by atoms with E-state index >= 15 is 0 Å². The maximum absolute atomic E-state index is 14.9. The van der Waals surface area contributed by atoms with Crippen molar-refractivity contribution in [2.45, 2.75) is 11.8 Å². The molecule has 2 N–H and O–H groups in total. The van der Waals surface area contributed by atoms with Crippen molar-refractivity contribution in [3.05, 3.63) is 65.7 Å². The number of fused-ring (bicyclic) bond motifs is 1. The molecule has 0 saturated heterocycles. The molecule has 0 spiro atoms. The van der Waals surface area contributed by atoms with Crippen molar-refractivity contribution in [1.29, 1.82) is 0 Å². The fourth-order valence-electron chi connectivity index (χ4n) is 3.56. The first-order chi connectivity index (χ1) is 15.5. The number of benzene rings is 2. The third-order valence-electron chi connectivity index (χ3n) is 5.33. The molecule has 2 aromatic carbocycles. The van der Waals surface area contributed by atoms with Crippen LogP contribution in [0.5, 0.6) is 0 Å². The first kappa shape index (κ1) is 22.4. The number of sulfone groups is 1. The number of imidazole rings is 1. The van der Waals surface area contributed by atoms with Crippen LogP contribution in [0, 0.1) is 12.7 Å². The summed E-state index contributed by atoms with van der Waals surface area (Å²) in [7, 11) is -0.238. The fraction of sp³-hybridized carbons (Fsp3) is 0.174. The Balaban J connectivity index is 1.89. The van der Waals surface area contributed by atoms with E-state index in [0.717, 1.165) is 17.9 Å². The summed E-state index contributed by atoms with van der Waals surface area (Å²) in [6.07, 6.45) is 4.30. The molecule has 0 bridgehead atoms. The van der Waals surface area contributed by atoms with Crippen molar-refractivity contribution in [3.63, 3.8) is 0 Å². The van der Waals surface area contributed by atoms with E-state index < -0.39 is 15.7 Å². The van der Waals surface area contributed by atoms with E-state index in [0.29, 0.717) is 16.9 Å². The van der Waals surface area contributed by atoms with Crippen LogP contribution in [0.4, 0.5) is 10.2 Å². The Morgan fingerprint density at radius 1 is 1.12 bits per heavy atom. The smallest absolute Gasteiger partial charge is 0.253 e. The maximum atomic E-state index is 14.9. The average Bonchev–Trinajstić information content (AvgIpc) is 3.16. The second kappa shape index (κ2) is 7.96. The van der Waals surface area contributed by atoms with Crippen LogP contribution in [-0.2, 0) is 9.84 Å². The molecule has 0 unspecified atom stereocenters. The normalized spacial score (nSPS) is 11.7. The Hall–Kier alpha value is -3.79. The Morgan fingerprint density at radius 3 is 2.48 bits per heavy atom. The molecular weight excluding hydrogens is 445 g/mol. The lowest BCUT2D eigenvalue weighted by molar-refractivity contribution is 0.0827. The lowest BCUT2D eigenvalue weighted by Gasteiger charge is -2.12. The van der Waals surface area contributed by atoms with Gasteiger partial charge >= 0.3 is 0 Å². The Morgan fingerprint density at radius 2 is 1.85 bits per heavy atom. The molecule has 0 fully saturated rings. The SMILES string of the molecule is Cc1ccc(S(C)(=O)=O)cc1-c1cnc2c(N)nc(-c3ccc(C(=O)N(C)C)cc3F)cn12. The lowest BCUT2D eigenvalue weighted by Crippen LogP contribution is -2.21. The molecule has 0 saturated carbocycles. The van der Waals surface area contributed by atoms with Crippen molar-refractivity contribution in [1.82, 2.24) is 19.3 Å². The van der Waals surface area contributed by atoms with E-state index in [2.05, 4.69) is 9.97 Å². The molecule has 0 aliphatic heterocycles. The number of nitrogens with two attached hydrogens (primary N) is 1. The highest BCUT2D eigenvalue weighted by Crippen LogP contribution is 2.31. The number of halogens is 1. The summed E-state index contributed by atoms with van der Waals surface area (Å²) >= 11 is 0. The molecule has 0 atom stereocenters. The first-order valence-corrected chi connectivity index (χ1v) is 11.8. The Kier molecular flexibility index (Phi) is 5.41. The number of hydrogen-bond donors (Lipinski definition) is 1. The molecule has 2 heterocycles. The highest BCUT2D eigenvalue weighted by atomic mass is 32.2. The molecule has 170 valence electrons. The van der Waals surface area contributed by atoms with Crippen molar-refractivity contribution < 1.29 is 17.6 Å². The van der Waals surface area contributed by atoms with E-state index in [4.69, 9.17) is 5.73 Å². The van der Waals surface area contributed by atoms with Gasteiger partial charge in [-0.2, -0.15) is 0 Å². The molecule has 0 radical (unpaired) electrons. The first-order valence-electron chi connectivity index (χ1n) is 9.93. The zero-order chi connectivity index (χ0) is 24.1. The van der Waals surface area contributed by atoms with Crippen LogP contribution in [0.15, 0.2) is 53.7 Å². The summed E-state index contributed by atoms with van der Waals surface area (Å²) in [6, 6.07) is 9.01. The van der Waals surface area contributed by atoms with Crippen molar-refractivity contribution in [2.75, 3.05) is 26.1 Å². The van der Waals surface area contributed by atoms with Gasteiger partial charge in [-0.25, -0.2) is 22.8 Å². The topological polar surface area (TPSA) is 111 Å². The van der Waals surface area contributed by atoms with Gasteiger partial charge in [-0.05, 0) is 42.8 Å². The van der Waals surface area contributed by atoms with Crippen LogP contribution < -0.4 is 5.73 Å². The number of nitrogen functional groups attached to an aromatic ring is 1. The van der Waals surface area contributed by atoms with Gasteiger partial charge in [-0.1, -0.05) is 6.07 Å². The zero-order valence-electron chi connectivity index (χ0n) is 18.5. The van der Waals surface area contributed by atoms with Gasteiger partial charge in [-0.15, -0.1) is 0 Å². The van der Waals surface area contributed by atoms with Crippen molar-refractivity contribution in [3.8, 4) is 22.5 Å². The van der Waals surface area contributed by atoms with Crippen LogP contribution in [0.25, 0.3) is 28.2 Å². The number of carbonyl (C=O) groups excluding carboxylic acids is 1. The van der Waals surface area contributed by atoms with Gasteiger partial charge in [0.15, 0.2) is 21.3 Å². The Bertz CT molecular complexity index is 1530. The number of amides is 1. The maximum Gasteiger partial charge on any atom is 0.253 e. The molecule has 10 heteroatoms. The summed E-state index contributed by atoms with van der Waals surface area (Å²) in [5.74, 6) is -0.851. The summed E-state index contributed by atoms with van der Waals surface area (Å²) < 4.78 is 40.7. The predicted octanol–water partition coefficient (Wildman–Crippen LogP) is 3.20. The van der Waals surface area contributed by atoms with Crippen LogP contribution in [0.1, 0.15) is 15.9 Å². The van der Waals surface area contributed by atoms with E-state index in [9.17, 15) is 17.6 Å². The largest absolute Gasteiger partial charge is 0.381 e. The summed E-state index contributed by atoms with van der Waals surface area (Å²) in [4.78, 5) is 22.3. The van der Waals surface area contributed by atoms with Crippen LogP contribution in [0.3, 0.4) is 0 Å². The fourth-order valence-corrected chi connectivity index (χ4v) is 4.21. The number of nitrogens with zero attached hydrogens (tertiary/aromatic N) is 4. The molecule has 33 heavy (non-hydrogen) atoms. The minimum Gasteiger partial charge on any atom is -0.381 e. The molecule has 1 amide bonds. The number of carbonyl (C=O) groups is 1.